The number of nitrogens with zero attached hydrogens (tertiary/aromatic N) is 1. The van der Waals surface area contributed by atoms with Crippen molar-refractivity contribution in [3.8, 4) is 5.75 Å². The Labute approximate surface area is 157 Å². The van der Waals surface area contributed by atoms with E-state index in [0.29, 0.717) is 25.0 Å². The van der Waals surface area contributed by atoms with Gasteiger partial charge in [-0.25, -0.2) is 4.79 Å². The SMILES string of the molecule is CCC(NC(=O)CCCn1c(=O)oc2ccccc21)c1ccc(OC)cc1. The number of hydrogen-bond acceptors (Lipinski definition) is 4. The van der Waals surface area contributed by atoms with Crippen LogP contribution in [0.5, 0.6) is 5.75 Å². The van der Waals surface area contributed by atoms with Gasteiger partial charge >= 0.3 is 5.76 Å². The molecule has 1 amide bonds. The van der Waals surface area contributed by atoms with E-state index in [-0.39, 0.29) is 17.7 Å². The smallest absolute Gasteiger partial charge is 0.419 e. The number of nitrogens with one attached hydrogen (secondary N) is 1. The molecule has 27 heavy (non-hydrogen) atoms. The monoisotopic (exact) mass is 368 g/mol. The molecule has 6 heteroatoms. The molecule has 0 fully saturated rings. The quantitative estimate of drug-likeness (QED) is 0.659. The molecule has 142 valence electrons. The Bertz CT molecular complexity index is 956. The second-order valence-electron chi connectivity index (χ2n) is 6.39. The molecule has 1 aromatic heterocycles. The van der Waals surface area contributed by atoms with Gasteiger partial charge in [-0.15, -0.1) is 0 Å². The topological polar surface area (TPSA) is 73.5 Å². The largest absolute Gasteiger partial charge is 0.497 e. The summed E-state index contributed by atoms with van der Waals surface area (Å²) in [5.41, 5.74) is 2.37. The highest BCUT2D eigenvalue weighted by Gasteiger charge is 2.14. The molecule has 0 saturated carbocycles. The lowest BCUT2D eigenvalue weighted by atomic mass is 10.0. The predicted octanol–water partition coefficient (Wildman–Crippen LogP) is 3.65. The molecule has 1 atom stereocenters. The van der Waals surface area contributed by atoms with Crippen LogP contribution in [0.15, 0.2) is 57.7 Å². The molecule has 2 aromatic carbocycles. The zero-order valence-corrected chi connectivity index (χ0v) is 15.6. The number of ether oxygens (including phenoxy) is 1. The van der Waals surface area contributed by atoms with Crippen molar-refractivity contribution in [3.63, 3.8) is 0 Å². The van der Waals surface area contributed by atoms with Crippen LogP contribution in [0, 0.1) is 0 Å². The number of carbonyl (C=O) groups is 1. The lowest BCUT2D eigenvalue weighted by Crippen LogP contribution is -2.28. The Morgan fingerprint density at radius 2 is 1.93 bits per heavy atom. The van der Waals surface area contributed by atoms with Gasteiger partial charge in [0.2, 0.25) is 5.91 Å². The Hall–Kier alpha value is -3.02. The lowest BCUT2D eigenvalue weighted by molar-refractivity contribution is -0.122. The van der Waals surface area contributed by atoms with E-state index in [4.69, 9.17) is 9.15 Å². The van der Waals surface area contributed by atoms with Gasteiger partial charge in [0.1, 0.15) is 5.75 Å². The molecule has 1 unspecified atom stereocenters. The van der Waals surface area contributed by atoms with Crippen molar-refractivity contribution in [2.75, 3.05) is 7.11 Å². The van der Waals surface area contributed by atoms with Crippen molar-refractivity contribution >= 4 is 17.0 Å². The summed E-state index contributed by atoms with van der Waals surface area (Å²) in [6.07, 6.45) is 1.71. The van der Waals surface area contributed by atoms with Crippen molar-refractivity contribution in [1.29, 1.82) is 0 Å². The first kappa shape index (κ1) is 18.8. The molecule has 3 aromatic rings. The summed E-state index contributed by atoms with van der Waals surface area (Å²) in [4.78, 5) is 24.3. The summed E-state index contributed by atoms with van der Waals surface area (Å²) in [7, 11) is 1.63. The molecule has 3 rings (SSSR count). The fourth-order valence-electron chi connectivity index (χ4n) is 3.15. The first-order valence-electron chi connectivity index (χ1n) is 9.14. The third-order valence-electron chi connectivity index (χ3n) is 4.62. The molecular weight excluding hydrogens is 344 g/mol. The van der Waals surface area contributed by atoms with Crippen molar-refractivity contribution in [2.24, 2.45) is 0 Å². The molecule has 0 aliphatic heterocycles. The highest BCUT2D eigenvalue weighted by molar-refractivity contribution is 5.76. The average molecular weight is 368 g/mol. The van der Waals surface area contributed by atoms with Gasteiger partial charge in [0.25, 0.3) is 0 Å². The van der Waals surface area contributed by atoms with E-state index in [1.54, 1.807) is 17.7 Å². The van der Waals surface area contributed by atoms with E-state index in [1.807, 2.05) is 49.4 Å². The summed E-state index contributed by atoms with van der Waals surface area (Å²) >= 11 is 0. The van der Waals surface area contributed by atoms with Crippen LogP contribution in [0.3, 0.4) is 0 Å². The standard InChI is InChI=1S/C21H24N2O4/c1-3-17(15-10-12-16(26-2)13-11-15)22-20(24)9-6-14-23-18-7-4-5-8-19(18)27-21(23)25/h4-5,7-8,10-13,17H,3,6,9,14H2,1-2H3,(H,22,24). The second-order valence-corrected chi connectivity index (χ2v) is 6.39. The van der Waals surface area contributed by atoms with Gasteiger partial charge in [-0.1, -0.05) is 31.2 Å². The van der Waals surface area contributed by atoms with Crippen LogP contribution < -0.4 is 15.8 Å². The Kier molecular flexibility index (Phi) is 5.96. The zero-order chi connectivity index (χ0) is 19.2. The second kappa shape index (κ2) is 8.58. The van der Waals surface area contributed by atoms with Crippen LogP contribution in [0.25, 0.3) is 11.1 Å². The van der Waals surface area contributed by atoms with E-state index >= 15 is 0 Å². The lowest BCUT2D eigenvalue weighted by Gasteiger charge is -2.18. The number of oxazole rings is 1. The van der Waals surface area contributed by atoms with E-state index in [9.17, 15) is 9.59 Å². The minimum atomic E-state index is -0.388. The van der Waals surface area contributed by atoms with Gasteiger partial charge in [0.15, 0.2) is 5.58 Å². The molecule has 0 radical (unpaired) electrons. The van der Waals surface area contributed by atoms with E-state index in [1.165, 1.54) is 0 Å². The molecule has 6 nitrogen and oxygen atoms in total. The van der Waals surface area contributed by atoms with E-state index in [2.05, 4.69) is 5.32 Å². The van der Waals surface area contributed by atoms with Crippen LogP contribution in [-0.2, 0) is 11.3 Å². The number of para-hydroxylation sites is 2. The van der Waals surface area contributed by atoms with Crippen LogP contribution >= 0.6 is 0 Å². The third-order valence-corrected chi connectivity index (χ3v) is 4.62. The van der Waals surface area contributed by atoms with Crippen molar-refractivity contribution < 1.29 is 13.9 Å². The van der Waals surface area contributed by atoms with Gasteiger partial charge in [0, 0.05) is 13.0 Å². The minimum Gasteiger partial charge on any atom is -0.497 e. The molecule has 0 bridgehead atoms. The summed E-state index contributed by atoms with van der Waals surface area (Å²) < 4.78 is 12.0. The maximum Gasteiger partial charge on any atom is 0.419 e. The summed E-state index contributed by atoms with van der Waals surface area (Å²) in [5, 5.41) is 3.06. The predicted molar refractivity (Wildman–Crippen MR) is 104 cm³/mol. The molecule has 0 aliphatic carbocycles. The Morgan fingerprint density at radius 3 is 2.63 bits per heavy atom. The minimum absolute atomic E-state index is 0.0292. The van der Waals surface area contributed by atoms with Crippen molar-refractivity contribution in [1.82, 2.24) is 9.88 Å². The first-order chi connectivity index (χ1) is 13.1. The summed E-state index contributed by atoms with van der Waals surface area (Å²) in [6, 6.07) is 15.0. The molecule has 0 aliphatic rings. The maximum atomic E-state index is 12.3. The van der Waals surface area contributed by atoms with Crippen LogP contribution in [0.4, 0.5) is 0 Å². The Balaban J connectivity index is 1.56. The highest BCUT2D eigenvalue weighted by Crippen LogP contribution is 2.20. The highest BCUT2D eigenvalue weighted by atomic mass is 16.5. The molecule has 1 N–H and O–H groups in total. The van der Waals surface area contributed by atoms with E-state index < -0.39 is 0 Å². The molecule has 0 spiro atoms. The summed E-state index contributed by atoms with van der Waals surface area (Å²) in [5.74, 6) is 0.373. The fraction of sp³-hybridized carbons (Fsp3) is 0.333. The number of rotatable bonds is 8. The molecule has 0 saturated heterocycles. The Morgan fingerprint density at radius 1 is 1.19 bits per heavy atom. The summed E-state index contributed by atoms with van der Waals surface area (Å²) in [6.45, 7) is 2.48. The van der Waals surface area contributed by atoms with Gasteiger partial charge in [-0.3, -0.25) is 9.36 Å². The third kappa shape index (κ3) is 4.39. The van der Waals surface area contributed by atoms with Crippen molar-refractivity contribution in [3.05, 3.63) is 64.6 Å². The molecule has 1 heterocycles. The molecular formula is C21H24N2O4. The van der Waals surface area contributed by atoms with Gasteiger partial charge in [-0.05, 0) is 42.7 Å². The number of methoxy groups -OCH3 is 1. The average Bonchev–Trinajstić information content (AvgIpc) is 3.01. The number of carbonyl (C=O) groups excluding carboxylic acids is 1. The number of hydrogen-bond donors (Lipinski definition) is 1. The normalized spacial score (nSPS) is 12.1. The van der Waals surface area contributed by atoms with Crippen LogP contribution in [-0.4, -0.2) is 17.6 Å². The number of amides is 1. The maximum absolute atomic E-state index is 12.3. The number of fused-ring (bicyclic) bond motifs is 1. The first-order valence-corrected chi connectivity index (χ1v) is 9.14. The number of benzene rings is 2. The van der Waals surface area contributed by atoms with Gasteiger partial charge in [-0.2, -0.15) is 0 Å². The van der Waals surface area contributed by atoms with Crippen LogP contribution in [0.2, 0.25) is 0 Å². The van der Waals surface area contributed by atoms with E-state index in [0.717, 1.165) is 23.3 Å². The van der Waals surface area contributed by atoms with Crippen molar-refractivity contribution in [2.45, 2.75) is 38.8 Å². The zero-order valence-electron chi connectivity index (χ0n) is 15.6. The number of aryl methyl sites for hydroxylation is 1. The van der Waals surface area contributed by atoms with Crippen LogP contribution in [0.1, 0.15) is 37.8 Å². The van der Waals surface area contributed by atoms with Gasteiger partial charge in [0.05, 0.1) is 18.7 Å². The number of aromatic nitrogens is 1. The van der Waals surface area contributed by atoms with Gasteiger partial charge < -0.3 is 14.5 Å². The fourth-order valence-corrected chi connectivity index (χ4v) is 3.15.